The van der Waals surface area contributed by atoms with E-state index in [-0.39, 0.29) is 18.5 Å². The fourth-order valence-electron chi connectivity index (χ4n) is 2.94. The number of carbonyl (C=O) groups is 1. The monoisotopic (exact) mass is 395 g/mol. The van der Waals surface area contributed by atoms with Crippen molar-refractivity contribution in [2.75, 3.05) is 13.0 Å². The fraction of sp³-hybridized carbons (Fsp3) is 0.240. The molecule has 1 atom stereocenters. The van der Waals surface area contributed by atoms with Crippen LogP contribution in [0.2, 0.25) is 0 Å². The highest BCUT2D eigenvalue weighted by molar-refractivity contribution is 5.89. The van der Waals surface area contributed by atoms with Crippen LogP contribution in [0.15, 0.2) is 72.7 Å². The summed E-state index contributed by atoms with van der Waals surface area (Å²) in [5.41, 5.74) is 2.08. The molecule has 29 heavy (non-hydrogen) atoms. The van der Waals surface area contributed by atoms with Crippen molar-refractivity contribution in [2.45, 2.75) is 25.9 Å². The Kier molecular flexibility index (Phi) is 4.87. The van der Waals surface area contributed by atoms with Gasteiger partial charge in [-0.3, -0.25) is 0 Å². The molecule has 0 amide bonds. The minimum Gasteiger partial charge on any atom is -0.478 e. The number of aromatic carboxylic acids is 1. The molecule has 0 unspecified atom stereocenters. The van der Waals surface area contributed by atoms with Crippen LogP contribution in [0.1, 0.15) is 47.8 Å². The van der Waals surface area contributed by atoms with Crippen LogP contribution in [0.25, 0.3) is 11.1 Å². The number of hydrogen-bond acceptors (Lipinski definition) is 3. The Balaban J connectivity index is 1.75. The van der Waals surface area contributed by atoms with Gasteiger partial charge in [0, 0.05) is 9.29 Å². The molecule has 3 rings (SSSR count). The van der Waals surface area contributed by atoms with Crippen molar-refractivity contribution >= 4 is 5.97 Å². The summed E-state index contributed by atoms with van der Waals surface area (Å²) in [6, 6.07) is 11.9. The summed E-state index contributed by atoms with van der Waals surface area (Å²) in [6.07, 6.45) is -0.485. The molecule has 3 N–H and O–H groups in total. The second-order valence-corrected chi connectivity index (χ2v) is 6.74. The van der Waals surface area contributed by atoms with Crippen molar-refractivity contribution in [2.24, 2.45) is 0 Å². The van der Waals surface area contributed by atoms with Gasteiger partial charge in [0.2, 0.25) is 0 Å². The summed E-state index contributed by atoms with van der Waals surface area (Å²) >= 11 is 0. The number of aliphatic hydroxyl groups is 1. The van der Waals surface area contributed by atoms with Crippen LogP contribution < -0.4 is 5.32 Å². The number of aliphatic hydroxyl groups excluding tert-OH is 1. The van der Waals surface area contributed by atoms with Crippen LogP contribution in [0, 0.1) is 6.92 Å². The molecule has 0 aliphatic carbocycles. The smallest absolute Gasteiger partial charge is 0.335 e. The van der Waals surface area contributed by atoms with E-state index in [0.717, 1.165) is 5.56 Å². The van der Waals surface area contributed by atoms with E-state index in [1.165, 1.54) is 0 Å². The van der Waals surface area contributed by atoms with E-state index in [4.69, 9.17) is 8.22 Å². The third-order valence-electron chi connectivity index (χ3n) is 4.44. The third kappa shape index (κ3) is 6.01. The zero-order chi connectivity index (χ0) is 25.9. The molecule has 0 aliphatic heterocycles. The Morgan fingerprint density at radius 3 is 2.79 bits per heavy atom. The molecule has 0 saturated carbocycles. The molecule has 4 heteroatoms. The number of benzene rings is 3. The van der Waals surface area contributed by atoms with E-state index in [9.17, 15) is 15.0 Å². The maximum Gasteiger partial charge on any atom is 0.335 e. The van der Waals surface area contributed by atoms with Crippen molar-refractivity contribution in [1.82, 2.24) is 5.32 Å². The normalized spacial score (nSPS) is 15.4. The topological polar surface area (TPSA) is 69.6 Å². The predicted molar refractivity (Wildman–Crippen MR) is 116 cm³/mol. The van der Waals surface area contributed by atoms with Crippen molar-refractivity contribution in [1.29, 1.82) is 0 Å². The van der Waals surface area contributed by atoms with Crippen molar-refractivity contribution in [3.8, 4) is 11.1 Å². The Bertz CT molecular complexity index is 1250. The van der Waals surface area contributed by atoms with Crippen LogP contribution in [0.5, 0.6) is 0 Å². The van der Waals surface area contributed by atoms with Gasteiger partial charge in [-0.05, 0) is 60.6 Å². The van der Waals surface area contributed by atoms with Gasteiger partial charge < -0.3 is 15.5 Å². The Hall–Kier alpha value is -2.95. The SMILES string of the molecule is [2H]c1c([2H])c(C(=O)O)c([2H])c(-c2cccc(CCC([2H])([2H])NC[C@H](O)c3cccc(C)c3)c2)c1[2H]. The maximum atomic E-state index is 11.5. The number of aryl methyl sites for hydroxylation is 2. The summed E-state index contributed by atoms with van der Waals surface area (Å²) in [6.45, 7) is 0.170. The summed E-state index contributed by atoms with van der Waals surface area (Å²) < 4.78 is 48.7. The van der Waals surface area contributed by atoms with E-state index >= 15 is 0 Å². The second-order valence-electron chi connectivity index (χ2n) is 6.74. The number of nitrogens with one attached hydrogen (secondary N) is 1. The van der Waals surface area contributed by atoms with Gasteiger partial charge in [-0.1, -0.05) is 66.2 Å². The molecule has 0 spiro atoms. The van der Waals surface area contributed by atoms with E-state index in [1.54, 1.807) is 30.3 Å². The molecule has 0 fully saturated rings. The second kappa shape index (κ2) is 10.0. The average molecular weight is 396 g/mol. The van der Waals surface area contributed by atoms with E-state index in [0.29, 0.717) is 23.1 Å². The zero-order valence-corrected chi connectivity index (χ0v) is 16.1. The van der Waals surface area contributed by atoms with Gasteiger partial charge in [0.15, 0.2) is 0 Å². The molecular formula is C25H27NO3. The molecule has 0 aromatic heterocycles. The number of carboxylic acids is 1. The molecule has 0 aliphatic rings. The first-order valence-electron chi connectivity index (χ1n) is 12.3. The molecule has 0 saturated heterocycles. The lowest BCUT2D eigenvalue weighted by atomic mass is 9.99. The summed E-state index contributed by atoms with van der Waals surface area (Å²) in [7, 11) is 0. The van der Waals surface area contributed by atoms with Crippen LogP contribution in [0.3, 0.4) is 0 Å². The number of rotatable bonds is 9. The van der Waals surface area contributed by atoms with Crippen LogP contribution in [-0.2, 0) is 6.42 Å². The lowest BCUT2D eigenvalue weighted by molar-refractivity contribution is 0.0697. The van der Waals surface area contributed by atoms with Gasteiger partial charge in [0.05, 0.1) is 17.2 Å². The fourth-order valence-corrected chi connectivity index (χ4v) is 2.94. The van der Waals surface area contributed by atoms with Crippen LogP contribution in [0.4, 0.5) is 0 Å². The first kappa shape index (κ1) is 14.1. The summed E-state index contributed by atoms with van der Waals surface area (Å²) in [5.74, 6) is -1.50. The first-order chi connectivity index (χ1) is 16.4. The predicted octanol–water partition coefficient (Wildman–Crippen LogP) is 4.62. The molecular weight excluding hydrogens is 362 g/mol. The Morgan fingerprint density at radius 1 is 1.17 bits per heavy atom. The molecule has 4 nitrogen and oxygen atoms in total. The van der Waals surface area contributed by atoms with Gasteiger partial charge in [-0.15, -0.1) is 0 Å². The molecule has 3 aromatic carbocycles. The van der Waals surface area contributed by atoms with Crippen LogP contribution >= 0.6 is 0 Å². The summed E-state index contributed by atoms with van der Waals surface area (Å²) in [5, 5.41) is 22.5. The average Bonchev–Trinajstić information content (AvgIpc) is 2.80. The standard InChI is InChI=1S/C25H27NO3/c1-18-6-2-11-22(14-18)24(27)17-26-13-5-8-19-7-3-9-20(15-19)21-10-4-12-23(16-21)25(28)29/h2-4,6-7,9-12,14-16,24,26-27H,5,8,13,17H2,1H3,(H,28,29)/t24-/m0/s1/i4D,10D,12D,13D2,16D. The molecule has 150 valence electrons. The minimum absolute atomic E-state index is 0.0324. The maximum absolute atomic E-state index is 11.5. The molecule has 0 radical (unpaired) electrons. The van der Waals surface area contributed by atoms with Gasteiger partial charge in [-0.2, -0.15) is 0 Å². The minimum atomic E-state index is -1.78. The van der Waals surface area contributed by atoms with Gasteiger partial charge in [0.25, 0.3) is 0 Å². The summed E-state index contributed by atoms with van der Waals surface area (Å²) in [4.78, 5) is 11.5. The lowest BCUT2D eigenvalue weighted by Gasteiger charge is -2.13. The highest BCUT2D eigenvalue weighted by atomic mass is 16.4. The lowest BCUT2D eigenvalue weighted by Crippen LogP contribution is -2.22. The molecule has 0 bridgehead atoms. The van der Waals surface area contributed by atoms with E-state index < -0.39 is 48.3 Å². The molecule has 0 heterocycles. The van der Waals surface area contributed by atoms with E-state index in [1.807, 2.05) is 25.1 Å². The first-order valence-corrected chi connectivity index (χ1v) is 9.34. The van der Waals surface area contributed by atoms with Crippen molar-refractivity contribution in [3.63, 3.8) is 0 Å². The van der Waals surface area contributed by atoms with E-state index in [2.05, 4.69) is 5.32 Å². The molecule has 3 aromatic rings. The quantitative estimate of drug-likeness (QED) is 0.495. The Morgan fingerprint density at radius 2 is 2.00 bits per heavy atom. The zero-order valence-electron chi connectivity index (χ0n) is 22.1. The number of hydrogen-bond donors (Lipinski definition) is 3. The van der Waals surface area contributed by atoms with Gasteiger partial charge in [0.1, 0.15) is 0 Å². The highest BCUT2D eigenvalue weighted by Crippen LogP contribution is 2.22. The number of carboxylic acid groups (broad SMARTS) is 1. The third-order valence-corrected chi connectivity index (χ3v) is 4.44. The van der Waals surface area contributed by atoms with Crippen LogP contribution in [-0.4, -0.2) is 29.2 Å². The van der Waals surface area contributed by atoms with Crippen molar-refractivity contribution in [3.05, 3.63) is 95.0 Å². The Labute approximate surface area is 180 Å². The van der Waals surface area contributed by atoms with Gasteiger partial charge >= 0.3 is 5.97 Å². The van der Waals surface area contributed by atoms with Crippen molar-refractivity contribution < 1.29 is 23.2 Å². The van der Waals surface area contributed by atoms with Gasteiger partial charge in [-0.25, -0.2) is 4.79 Å². The largest absolute Gasteiger partial charge is 0.478 e. The highest BCUT2D eigenvalue weighted by Gasteiger charge is 2.07.